The normalized spacial score (nSPS) is 10.7. The summed E-state index contributed by atoms with van der Waals surface area (Å²) >= 11 is 18.2. The van der Waals surface area contributed by atoms with Crippen LogP contribution in [0.1, 0.15) is 0 Å². The predicted octanol–water partition coefficient (Wildman–Crippen LogP) is 4.81. The minimum atomic E-state index is 0.461. The van der Waals surface area contributed by atoms with E-state index in [0.717, 1.165) is 10.8 Å². The van der Waals surface area contributed by atoms with E-state index in [1.165, 1.54) is 0 Å². The van der Waals surface area contributed by atoms with Crippen molar-refractivity contribution in [2.75, 3.05) is 7.11 Å². The molecule has 4 heteroatoms. The molecule has 0 aliphatic carbocycles. The Kier molecular flexibility index (Phi) is 2.96. The Morgan fingerprint density at radius 1 is 1.00 bits per heavy atom. The highest BCUT2D eigenvalue weighted by Crippen LogP contribution is 2.41. The van der Waals surface area contributed by atoms with Crippen LogP contribution in [-0.2, 0) is 0 Å². The van der Waals surface area contributed by atoms with Gasteiger partial charge in [0.15, 0.2) is 0 Å². The van der Waals surface area contributed by atoms with Crippen LogP contribution >= 0.6 is 34.8 Å². The van der Waals surface area contributed by atoms with E-state index in [2.05, 4.69) is 0 Å². The Balaban J connectivity index is 2.98. The maximum absolute atomic E-state index is 6.09. The van der Waals surface area contributed by atoms with Crippen molar-refractivity contribution in [1.29, 1.82) is 0 Å². The van der Waals surface area contributed by atoms with Gasteiger partial charge >= 0.3 is 0 Å². The lowest BCUT2D eigenvalue weighted by molar-refractivity contribution is 0.420. The van der Waals surface area contributed by atoms with Crippen LogP contribution in [0.25, 0.3) is 10.8 Å². The van der Waals surface area contributed by atoms with Gasteiger partial charge in [-0.1, -0.05) is 46.9 Å². The molecular weight excluding hydrogens is 254 g/mol. The average Bonchev–Trinajstić information content (AvgIpc) is 2.20. The molecular formula is C11H7Cl3O. The SMILES string of the molecule is COc1c(Cl)cc(Cl)c2cccc(Cl)c12. The highest BCUT2D eigenvalue weighted by molar-refractivity contribution is 6.43. The van der Waals surface area contributed by atoms with E-state index in [0.29, 0.717) is 20.8 Å². The first-order valence-corrected chi connectivity index (χ1v) is 5.38. The van der Waals surface area contributed by atoms with E-state index in [-0.39, 0.29) is 0 Å². The zero-order chi connectivity index (χ0) is 11.0. The zero-order valence-electron chi connectivity index (χ0n) is 7.85. The fourth-order valence-corrected chi connectivity index (χ4v) is 2.39. The Labute approximate surface area is 103 Å². The van der Waals surface area contributed by atoms with E-state index in [4.69, 9.17) is 39.5 Å². The van der Waals surface area contributed by atoms with Gasteiger partial charge in [-0.3, -0.25) is 0 Å². The van der Waals surface area contributed by atoms with Crippen LogP contribution in [0.5, 0.6) is 5.75 Å². The first-order chi connectivity index (χ1) is 7.15. The summed E-state index contributed by atoms with van der Waals surface area (Å²) in [6, 6.07) is 7.14. The van der Waals surface area contributed by atoms with Crippen molar-refractivity contribution in [1.82, 2.24) is 0 Å². The zero-order valence-corrected chi connectivity index (χ0v) is 10.1. The molecule has 0 unspecified atom stereocenters. The number of ether oxygens (including phenoxy) is 1. The highest BCUT2D eigenvalue weighted by Gasteiger charge is 2.12. The fraction of sp³-hybridized carbons (Fsp3) is 0.0909. The molecule has 0 atom stereocenters. The Morgan fingerprint density at radius 2 is 1.73 bits per heavy atom. The van der Waals surface area contributed by atoms with E-state index in [1.807, 2.05) is 12.1 Å². The molecule has 1 nitrogen and oxygen atoms in total. The van der Waals surface area contributed by atoms with E-state index in [1.54, 1.807) is 19.2 Å². The van der Waals surface area contributed by atoms with Gasteiger partial charge in [-0.15, -0.1) is 0 Å². The summed E-state index contributed by atoms with van der Waals surface area (Å²) in [5.41, 5.74) is 0. The third kappa shape index (κ3) is 1.76. The number of hydrogen-bond donors (Lipinski definition) is 0. The van der Waals surface area contributed by atoms with Gasteiger partial charge in [0.25, 0.3) is 0 Å². The monoisotopic (exact) mass is 260 g/mol. The molecule has 0 aliphatic rings. The lowest BCUT2D eigenvalue weighted by Gasteiger charge is -2.10. The van der Waals surface area contributed by atoms with Crippen molar-refractivity contribution >= 4 is 45.6 Å². The molecule has 0 amide bonds. The van der Waals surface area contributed by atoms with Crippen molar-refractivity contribution in [2.24, 2.45) is 0 Å². The average molecular weight is 262 g/mol. The Hall–Kier alpha value is -0.630. The smallest absolute Gasteiger partial charge is 0.146 e. The van der Waals surface area contributed by atoms with Gasteiger partial charge < -0.3 is 4.74 Å². The molecule has 0 aromatic heterocycles. The third-order valence-corrected chi connectivity index (χ3v) is 3.08. The van der Waals surface area contributed by atoms with Crippen LogP contribution in [-0.4, -0.2) is 7.11 Å². The van der Waals surface area contributed by atoms with E-state index < -0.39 is 0 Å². The highest BCUT2D eigenvalue weighted by atomic mass is 35.5. The predicted molar refractivity (Wildman–Crippen MR) is 65.5 cm³/mol. The standard InChI is InChI=1S/C11H7Cl3O/c1-15-11-9(14)5-8(13)6-3-2-4-7(12)10(6)11/h2-5H,1H3. The topological polar surface area (TPSA) is 9.23 Å². The second-order valence-corrected chi connectivity index (χ2v) is 4.26. The van der Waals surface area contributed by atoms with Gasteiger partial charge in [-0.25, -0.2) is 0 Å². The Bertz CT molecular complexity index is 523. The van der Waals surface area contributed by atoms with Crippen molar-refractivity contribution < 1.29 is 4.74 Å². The number of halogens is 3. The van der Waals surface area contributed by atoms with Crippen LogP contribution < -0.4 is 4.74 Å². The van der Waals surface area contributed by atoms with Crippen LogP contribution in [0, 0.1) is 0 Å². The lowest BCUT2D eigenvalue weighted by Crippen LogP contribution is -1.88. The molecule has 0 fully saturated rings. The number of fused-ring (bicyclic) bond motifs is 1. The number of benzene rings is 2. The fourth-order valence-electron chi connectivity index (χ4n) is 1.53. The van der Waals surface area contributed by atoms with Crippen LogP contribution in [0.2, 0.25) is 15.1 Å². The van der Waals surface area contributed by atoms with Gasteiger partial charge in [-0.05, 0) is 12.1 Å². The van der Waals surface area contributed by atoms with E-state index >= 15 is 0 Å². The summed E-state index contributed by atoms with van der Waals surface area (Å²) in [5.74, 6) is 0.557. The number of hydrogen-bond acceptors (Lipinski definition) is 1. The van der Waals surface area contributed by atoms with Crippen LogP contribution in [0.4, 0.5) is 0 Å². The molecule has 0 saturated carbocycles. The summed E-state index contributed by atoms with van der Waals surface area (Å²) in [4.78, 5) is 0. The molecule has 0 N–H and O–H groups in total. The van der Waals surface area contributed by atoms with Gasteiger partial charge in [0.05, 0.1) is 22.2 Å². The summed E-state index contributed by atoms with van der Waals surface area (Å²) in [7, 11) is 1.55. The molecule has 0 heterocycles. The molecule has 0 radical (unpaired) electrons. The van der Waals surface area contributed by atoms with Gasteiger partial charge in [0, 0.05) is 10.8 Å². The summed E-state index contributed by atoms with van der Waals surface area (Å²) in [6.45, 7) is 0. The number of rotatable bonds is 1. The first-order valence-electron chi connectivity index (χ1n) is 4.25. The molecule has 0 saturated heterocycles. The second kappa shape index (κ2) is 4.09. The third-order valence-electron chi connectivity index (χ3n) is 2.17. The molecule has 2 aromatic carbocycles. The first kappa shape index (κ1) is 10.9. The molecule has 2 rings (SSSR count). The largest absolute Gasteiger partial charge is 0.494 e. The molecule has 2 aromatic rings. The summed E-state index contributed by atoms with van der Waals surface area (Å²) < 4.78 is 5.22. The van der Waals surface area contributed by atoms with Crippen LogP contribution in [0.3, 0.4) is 0 Å². The summed E-state index contributed by atoms with van der Waals surface area (Å²) in [6.07, 6.45) is 0. The maximum atomic E-state index is 6.09. The van der Waals surface area contributed by atoms with Crippen molar-refractivity contribution in [3.05, 3.63) is 39.3 Å². The van der Waals surface area contributed by atoms with Gasteiger partial charge in [0.1, 0.15) is 5.75 Å². The number of methoxy groups -OCH3 is 1. The lowest BCUT2D eigenvalue weighted by atomic mass is 10.1. The quantitative estimate of drug-likeness (QED) is 0.716. The molecule has 0 aliphatic heterocycles. The van der Waals surface area contributed by atoms with Gasteiger partial charge in [0.2, 0.25) is 0 Å². The van der Waals surface area contributed by atoms with Gasteiger partial charge in [-0.2, -0.15) is 0 Å². The minimum absolute atomic E-state index is 0.461. The van der Waals surface area contributed by atoms with Crippen molar-refractivity contribution in [3.8, 4) is 5.75 Å². The van der Waals surface area contributed by atoms with Crippen molar-refractivity contribution in [2.45, 2.75) is 0 Å². The second-order valence-electron chi connectivity index (χ2n) is 3.04. The summed E-state index contributed by atoms with van der Waals surface area (Å²) in [5, 5.41) is 3.19. The molecule has 15 heavy (non-hydrogen) atoms. The maximum Gasteiger partial charge on any atom is 0.146 e. The minimum Gasteiger partial charge on any atom is -0.494 e. The van der Waals surface area contributed by atoms with Crippen LogP contribution in [0.15, 0.2) is 24.3 Å². The van der Waals surface area contributed by atoms with Crippen molar-refractivity contribution in [3.63, 3.8) is 0 Å². The molecule has 0 bridgehead atoms. The van der Waals surface area contributed by atoms with E-state index in [9.17, 15) is 0 Å². The molecule has 0 spiro atoms. The Morgan fingerprint density at radius 3 is 2.40 bits per heavy atom. The molecule has 78 valence electrons.